The normalized spacial score (nSPS) is 14.9. The topological polar surface area (TPSA) is 70.2 Å². The molecule has 142 valence electrons. The van der Waals surface area contributed by atoms with E-state index in [1.54, 1.807) is 12.1 Å². The predicted octanol–water partition coefficient (Wildman–Crippen LogP) is 2.75. The smallest absolute Gasteiger partial charge is 0.251 e. The quantitative estimate of drug-likeness (QED) is 0.707. The molecule has 0 radical (unpaired) electrons. The highest BCUT2D eigenvalue weighted by atomic mass is 16.2. The van der Waals surface area contributed by atoms with Crippen LogP contribution < -0.4 is 16.0 Å². The molecular formula is C22H27N3O2. The van der Waals surface area contributed by atoms with E-state index in [-0.39, 0.29) is 17.7 Å². The third kappa shape index (κ3) is 4.74. The Bertz CT molecular complexity index is 804. The maximum Gasteiger partial charge on any atom is 0.251 e. The average molecular weight is 365 g/mol. The minimum atomic E-state index is -0.557. The summed E-state index contributed by atoms with van der Waals surface area (Å²) in [6, 6.07) is 14.7. The monoisotopic (exact) mass is 365 g/mol. The lowest BCUT2D eigenvalue weighted by Crippen LogP contribution is -2.50. The Kier molecular flexibility index (Phi) is 6.24. The van der Waals surface area contributed by atoms with Crippen LogP contribution in [0.1, 0.15) is 47.3 Å². The van der Waals surface area contributed by atoms with Gasteiger partial charge in [0.05, 0.1) is 0 Å². The van der Waals surface area contributed by atoms with E-state index >= 15 is 0 Å². The number of carbonyl (C=O) groups excluding carboxylic acids is 2. The summed E-state index contributed by atoms with van der Waals surface area (Å²) in [4.78, 5) is 25.3. The van der Waals surface area contributed by atoms with Crippen molar-refractivity contribution in [2.75, 3.05) is 0 Å². The van der Waals surface area contributed by atoms with Gasteiger partial charge < -0.3 is 16.0 Å². The standard InChI is InChI=1S/C22H27N3O2/c1-3-15(2)20(25-21(26)17-7-5-4-6-8-17)22(27)24-12-16-9-10-18-13-23-14-19(18)11-16/h4-11,15,20,23H,3,12-14H2,1-2H3,(H,24,27)(H,25,26). The van der Waals surface area contributed by atoms with E-state index < -0.39 is 6.04 Å². The van der Waals surface area contributed by atoms with Crippen molar-refractivity contribution in [3.63, 3.8) is 0 Å². The van der Waals surface area contributed by atoms with Crippen molar-refractivity contribution < 1.29 is 9.59 Å². The molecule has 1 heterocycles. The van der Waals surface area contributed by atoms with Crippen molar-refractivity contribution in [1.29, 1.82) is 0 Å². The predicted molar refractivity (Wildman–Crippen MR) is 106 cm³/mol. The first-order chi connectivity index (χ1) is 13.1. The summed E-state index contributed by atoms with van der Waals surface area (Å²) in [6.07, 6.45) is 0.803. The van der Waals surface area contributed by atoms with Crippen LogP contribution in [0.3, 0.4) is 0 Å². The maximum absolute atomic E-state index is 12.8. The first-order valence-electron chi connectivity index (χ1n) is 9.53. The van der Waals surface area contributed by atoms with Crippen LogP contribution in [0, 0.1) is 5.92 Å². The Hall–Kier alpha value is -2.66. The van der Waals surface area contributed by atoms with Crippen LogP contribution in [0.4, 0.5) is 0 Å². The Labute approximate surface area is 160 Å². The second-order valence-electron chi connectivity index (χ2n) is 7.13. The van der Waals surface area contributed by atoms with Crippen molar-refractivity contribution >= 4 is 11.8 Å². The van der Waals surface area contributed by atoms with Gasteiger partial charge in [-0.05, 0) is 34.7 Å². The molecule has 2 atom stereocenters. The van der Waals surface area contributed by atoms with E-state index in [1.807, 2.05) is 38.1 Å². The van der Waals surface area contributed by atoms with Gasteiger partial charge in [-0.3, -0.25) is 9.59 Å². The molecule has 5 heteroatoms. The molecule has 0 bridgehead atoms. The van der Waals surface area contributed by atoms with Crippen molar-refractivity contribution in [2.24, 2.45) is 5.92 Å². The number of fused-ring (bicyclic) bond motifs is 1. The summed E-state index contributed by atoms with van der Waals surface area (Å²) in [5.41, 5.74) is 4.24. The summed E-state index contributed by atoms with van der Waals surface area (Å²) in [5, 5.41) is 9.21. The SMILES string of the molecule is CCC(C)C(NC(=O)c1ccccc1)C(=O)NCc1ccc2c(c1)CNC2. The molecule has 0 aromatic heterocycles. The van der Waals surface area contributed by atoms with Gasteiger partial charge >= 0.3 is 0 Å². The fraction of sp³-hybridized carbons (Fsp3) is 0.364. The molecule has 27 heavy (non-hydrogen) atoms. The molecule has 5 nitrogen and oxygen atoms in total. The largest absolute Gasteiger partial charge is 0.350 e. The van der Waals surface area contributed by atoms with Gasteiger partial charge in [-0.1, -0.05) is 56.7 Å². The van der Waals surface area contributed by atoms with Crippen LogP contribution in [0.5, 0.6) is 0 Å². The van der Waals surface area contributed by atoms with Gasteiger partial charge in [0.25, 0.3) is 5.91 Å². The van der Waals surface area contributed by atoms with E-state index in [1.165, 1.54) is 11.1 Å². The van der Waals surface area contributed by atoms with Gasteiger partial charge in [-0.25, -0.2) is 0 Å². The highest BCUT2D eigenvalue weighted by Gasteiger charge is 2.26. The van der Waals surface area contributed by atoms with E-state index in [0.29, 0.717) is 12.1 Å². The molecule has 0 aliphatic carbocycles. The summed E-state index contributed by atoms with van der Waals surface area (Å²) in [6.45, 7) is 6.24. The van der Waals surface area contributed by atoms with Crippen LogP contribution in [-0.4, -0.2) is 17.9 Å². The van der Waals surface area contributed by atoms with Gasteiger partial charge in [-0.2, -0.15) is 0 Å². The molecule has 2 aromatic carbocycles. The number of hydrogen-bond donors (Lipinski definition) is 3. The fourth-order valence-electron chi connectivity index (χ4n) is 3.27. The molecule has 3 N–H and O–H groups in total. The Morgan fingerprint density at radius 3 is 2.56 bits per heavy atom. The minimum absolute atomic E-state index is 0.0434. The lowest BCUT2D eigenvalue weighted by atomic mass is 9.97. The average Bonchev–Trinajstić information content (AvgIpc) is 3.18. The summed E-state index contributed by atoms with van der Waals surface area (Å²) in [7, 11) is 0. The zero-order chi connectivity index (χ0) is 19.2. The van der Waals surface area contributed by atoms with Crippen molar-refractivity contribution in [1.82, 2.24) is 16.0 Å². The Morgan fingerprint density at radius 1 is 1.07 bits per heavy atom. The summed E-state index contributed by atoms with van der Waals surface area (Å²) >= 11 is 0. The molecule has 2 aromatic rings. The molecule has 3 rings (SSSR count). The molecule has 0 saturated carbocycles. The number of benzene rings is 2. The van der Waals surface area contributed by atoms with Crippen LogP contribution in [0.25, 0.3) is 0 Å². The third-order valence-corrected chi connectivity index (χ3v) is 5.19. The maximum atomic E-state index is 12.8. The van der Waals surface area contributed by atoms with Crippen LogP contribution in [-0.2, 0) is 24.4 Å². The van der Waals surface area contributed by atoms with Gasteiger partial charge in [-0.15, -0.1) is 0 Å². The highest BCUT2D eigenvalue weighted by Crippen LogP contribution is 2.17. The van der Waals surface area contributed by atoms with Gasteiger partial charge in [0, 0.05) is 25.2 Å². The molecule has 1 aliphatic heterocycles. The number of hydrogen-bond acceptors (Lipinski definition) is 3. The number of carbonyl (C=O) groups is 2. The zero-order valence-corrected chi connectivity index (χ0v) is 15.9. The van der Waals surface area contributed by atoms with Gasteiger partial charge in [0.1, 0.15) is 6.04 Å². The Balaban J connectivity index is 1.64. The van der Waals surface area contributed by atoms with Crippen LogP contribution >= 0.6 is 0 Å². The van der Waals surface area contributed by atoms with Crippen molar-refractivity contribution in [3.05, 3.63) is 70.8 Å². The number of nitrogens with one attached hydrogen (secondary N) is 3. The molecule has 2 unspecified atom stereocenters. The molecule has 0 spiro atoms. The fourth-order valence-corrected chi connectivity index (χ4v) is 3.27. The van der Waals surface area contributed by atoms with Crippen molar-refractivity contribution in [3.8, 4) is 0 Å². The minimum Gasteiger partial charge on any atom is -0.350 e. The molecule has 0 saturated heterocycles. The highest BCUT2D eigenvalue weighted by molar-refractivity contribution is 5.97. The third-order valence-electron chi connectivity index (χ3n) is 5.19. The molecule has 0 fully saturated rings. The van der Waals surface area contributed by atoms with Crippen LogP contribution in [0.2, 0.25) is 0 Å². The van der Waals surface area contributed by atoms with Gasteiger partial charge in [0.15, 0.2) is 0 Å². The van der Waals surface area contributed by atoms with E-state index in [2.05, 4.69) is 28.1 Å². The second-order valence-corrected chi connectivity index (χ2v) is 7.13. The van der Waals surface area contributed by atoms with Gasteiger partial charge in [0.2, 0.25) is 5.91 Å². The molecular weight excluding hydrogens is 338 g/mol. The number of amides is 2. The Morgan fingerprint density at radius 2 is 1.81 bits per heavy atom. The van der Waals surface area contributed by atoms with E-state index in [0.717, 1.165) is 25.1 Å². The zero-order valence-electron chi connectivity index (χ0n) is 15.9. The van der Waals surface area contributed by atoms with Crippen LogP contribution in [0.15, 0.2) is 48.5 Å². The van der Waals surface area contributed by atoms with E-state index in [4.69, 9.17) is 0 Å². The first kappa shape index (κ1) is 19.1. The lowest BCUT2D eigenvalue weighted by Gasteiger charge is -2.23. The first-order valence-corrected chi connectivity index (χ1v) is 9.53. The number of rotatable bonds is 7. The van der Waals surface area contributed by atoms with Crippen molar-refractivity contribution in [2.45, 2.75) is 45.9 Å². The lowest BCUT2D eigenvalue weighted by molar-refractivity contribution is -0.124. The second kappa shape index (κ2) is 8.82. The summed E-state index contributed by atoms with van der Waals surface area (Å²) < 4.78 is 0. The molecule has 2 amide bonds. The summed E-state index contributed by atoms with van der Waals surface area (Å²) in [5.74, 6) is -0.325. The van der Waals surface area contributed by atoms with E-state index in [9.17, 15) is 9.59 Å². The molecule has 1 aliphatic rings.